The van der Waals surface area contributed by atoms with E-state index in [1.165, 1.54) is 16.4 Å². The second-order valence-corrected chi connectivity index (χ2v) is 9.62. The maximum Gasteiger partial charge on any atom is 0.243 e. The van der Waals surface area contributed by atoms with Crippen LogP contribution < -0.4 is 15.0 Å². The van der Waals surface area contributed by atoms with Gasteiger partial charge in [-0.15, -0.1) is 0 Å². The van der Waals surface area contributed by atoms with Crippen molar-refractivity contribution in [3.05, 3.63) is 48.0 Å². The van der Waals surface area contributed by atoms with E-state index < -0.39 is 15.9 Å². The second kappa shape index (κ2) is 9.70. The van der Waals surface area contributed by atoms with E-state index in [-0.39, 0.29) is 29.7 Å². The van der Waals surface area contributed by atoms with Crippen LogP contribution in [0.2, 0.25) is 0 Å². The molecule has 0 spiro atoms. The molecule has 2 aromatic rings. The zero-order valence-electron chi connectivity index (χ0n) is 18.8. The first-order valence-corrected chi connectivity index (χ1v) is 12.0. The molecule has 1 atom stereocenters. The molecule has 0 aliphatic carbocycles. The van der Waals surface area contributed by atoms with Crippen molar-refractivity contribution >= 4 is 33.2 Å². The van der Waals surface area contributed by atoms with Gasteiger partial charge in [0.2, 0.25) is 21.8 Å². The lowest BCUT2D eigenvalue weighted by atomic mass is 10.1. The largest absolute Gasteiger partial charge is 0.495 e. The Morgan fingerprint density at radius 1 is 1.16 bits per heavy atom. The normalized spacial score (nSPS) is 16.5. The predicted molar refractivity (Wildman–Crippen MR) is 123 cm³/mol. The summed E-state index contributed by atoms with van der Waals surface area (Å²) in [5.41, 5.74) is 2.12. The lowest BCUT2D eigenvalue weighted by Crippen LogP contribution is -2.30. The summed E-state index contributed by atoms with van der Waals surface area (Å²) in [6.45, 7) is 6.52. The van der Waals surface area contributed by atoms with Gasteiger partial charge < -0.3 is 15.0 Å². The van der Waals surface area contributed by atoms with E-state index in [0.717, 1.165) is 5.56 Å². The third kappa shape index (κ3) is 4.78. The second-order valence-electron chi connectivity index (χ2n) is 7.68. The monoisotopic (exact) mass is 459 g/mol. The third-order valence-corrected chi connectivity index (χ3v) is 7.65. The van der Waals surface area contributed by atoms with Gasteiger partial charge in [-0.1, -0.05) is 19.9 Å². The lowest BCUT2D eigenvalue weighted by Gasteiger charge is -2.20. The van der Waals surface area contributed by atoms with E-state index in [4.69, 9.17) is 4.74 Å². The number of carbonyl (C=O) groups excluding carboxylic acids is 2. The quantitative estimate of drug-likeness (QED) is 0.655. The summed E-state index contributed by atoms with van der Waals surface area (Å²) < 4.78 is 32.0. The highest BCUT2D eigenvalue weighted by atomic mass is 32.2. The van der Waals surface area contributed by atoms with Crippen LogP contribution in [-0.2, 0) is 19.6 Å². The van der Waals surface area contributed by atoms with Crippen molar-refractivity contribution in [2.75, 3.05) is 37.0 Å². The first-order valence-electron chi connectivity index (χ1n) is 10.6. The molecule has 2 aromatic carbocycles. The first kappa shape index (κ1) is 23.7. The molecule has 9 heteroatoms. The van der Waals surface area contributed by atoms with Gasteiger partial charge in [0.05, 0.1) is 23.6 Å². The molecule has 172 valence electrons. The standard InChI is InChI=1S/C23H29N3O5S/c1-5-25(6-2)32(29,30)19-10-8-18(9-11-19)24-23(28)17-14-22(27)26(15-17)20-13-16(3)7-12-21(20)31-4/h7-13,17H,5-6,14-15H2,1-4H3,(H,24,28). The summed E-state index contributed by atoms with van der Waals surface area (Å²) in [6, 6.07) is 11.7. The number of rotatable bonds is 8. The molecule has 1 aliphatic rings. The number of hydrogen-bond acceptors (Lipinski definition) is 5. The van der Waals surface area contributed by atoms with Crippen LogP contribution in [-0.4, -0.2) is 51.3 Å². The Morgan fingerprint density at radius 2 is 1.81 bits per heavy atom. The maximum absolute atomic E-state index is 12.8. The molecular formula is C23H29N3O5S. The third-order valence-electron chi connectivity index (χ3n) is 5.59. The van der Waals surface area contributed by atoms with Gasteiger partial charge in [0.15, 0.2) is 0 Å². The molecule has 0 radical (unpaired) electrons. The topological polar surface area (TPSA) is 96.0 Å². The molecule has 1 unspecified atom stereocenters. The molecule has 1 heterocycles. The summed E-state index contributed by atoms with van der Waals surface area (Å²) in [5, 5.41) is 2.79. The number of methoxy groups -OCH3 is 1. The number of sulfonamides is 1. The van der Waals surface area contributed by atoms with E-state index >= 15 is 0 Å². The van der Waals surface area contributed by atoms with Crippen molar-refractivity contribution in [2.24, 2.45) is 5.92 Å². The Hall–Kier alpha value is -2.91. The molecule has 2 amide bonds. The molecule has 32 heavy (non-hydrogen) atoms. The van der Waals surface area contributed by atoms with E-state index in [9.17, 15) is 18.0 Å². The Bertz CT molecular complexity index is 1100. The van der Waals surface area contributed by atoms with Crippen LogP contribution >= 0.6 is 0 Å². The Balaban J connectivity index is 1.71. The fourth-order valence-electron chi connectivity index (χ4n) is 3.79. The molecule has 1 saturated heterocycles. The average Bonchev–Trinajstić information content (AvgIpc) is 3.16. The molecule has 1 N–H and O–H groups in total. The van der Waals surface area contributed by atoms with E-state index in [2.05, 4.69) is 5.32 Å². The maximum atomic E-state index is 12.8. The number of hydrogen-bond donors (Lipinski definition) is 1. The molecule has 1 aliphatic heterocycles. The number of nitrogens with zero attached hydrogens (tertiary/aromatic N) is 2. The highest BCUT2D eigenvalue weighted by Crippen LogP contribution is 2.34. The average molecular weight is 460 g/mol. The van der Waals surface area contributed by atoms with Crippen LogP contribution in [0.4, 0.5) is 11.4 Å². The van der Waals surface area contributed by atoms with Crippen molar-refractivity contribution in [1.29, 1.82) is 0 Å². The minimum Gasteiger partial charge on any atom is -0.495 e. The van der Waals surface area contributed by atoms with Crippen LogP contribution in [0, 0.1) is 12.8 Å². The van der Waals surface area contributed by atoms with Gasteiger partial charge in [-0.25, -0.2) is 8.42 Å². The van der Waals surface area contributed by atoms with Crippen molar-refractivity contribution in [1.82, 2.24) is 4.31 Å². The predicted octanol–water partition coefficient (Wildman–Crippen LogP) is 3.03. The van der Waals surface area contributed by atoms with Gasteiger partial charge in [0.1, 0.15) is 5.75 Å². The number of anilines is 2. The molecule has 0 aromatic heterocycles. The molecular weight excluding hydrogens is 430 g/mol. The van der Waals surface area contributed by atoms with Crippen LogP contribution in [0.3, 0.4) is 0 Å². The van der Waals surface area contributed by atoms with Gasteiger partial charge in [0, 0.05) is 31.7 Å². The zero-order valence-corrected chi connectivity index (χ0v) is 19.6. The number of benzene rings is 2. The molecule has 1 fully saturated rings. The highest BCUT2D eigenvalue weighted by Gasteiger charge is 2.36. The fourth-order valence-corrected chi connectivity index (χ4v) is 5.25. The summed E-state index contributed by atoms with van der Waals surface area (Å²) >= 11 is 0. The van der Waals surface area contributed by atoms with Crippen LogP contribution in [0.1, 0.15) is 25.8 Å². The number of carbonyl (C=O) groups is 2. The summed E-state index contributed by atoms with van der Waals surface area (Å²) in [4.78, 5) is 27.2. The molecule has 0 saturated carbocycles. The van der Waals surface area contributed by atoms with Gasteiger partial charge in [0.25, 0.3) is 0 Å². The highest BCUT2D eigenvalue weighted by molar-refractivity contribution is 7.89. The van der Waals surface area contributed by atoms with E-state index in [0.29, 0.717) is 30.2 Å². The van der Waals surface area contributed by atoms with Gasteiger partial charge in [-0.2, -0.15) is 4.31 Å². The lowest BCUT2D eigenvalue weighted by molar-refractivity contribution is -0.122. The Labute approximate surface area is 189 Å². The minimum absolute atomic E-state index is 0.0946. The first-order chi connectivity index (χ1) is 15.2. The fraction of sp³-hybridized carbons (Fsp3) is 0.391. The van der Waals surface area contributed by atoms with Gasteiger partial charge in [-0.3, -0.25) is 9.59 Å². The Morgan fingerprint density at radius 3 is 2.41 bits per heavy atom. The van der Waals surface area contributed by atoms with Crippen LogP contribution in [0.25, 0.3) is 0 Å². The van der Waals surface area contributed by atoms with Gasteiger partial charge in [-0.05, 0) is 48.9 Å². The van der Waals surface area contributed by atoms with Crippen molar-refractivity contribution < 1.29 is 22.7 Å². The molecule has 8 nitrogen and oxygen atoms in total. The number of ether oxygens (including phenoxy) is 1. The van der Waals surface area contributed by atoms with Gasteiger partial charge >= 0.3 is 0 Å². The number of aryl methyl sites for hydroxylation is 1. The molecule has 0 bridgehead atoms. The summed E-state index contributed by atoms with van der Waals surface area (Å²) in [5.74, 6) is -0.372. The van der Waals surface area contributed by atoms with E-state index in [1.807, 2.05) is 19.1 Å². The summed E-state index contributed by atoms with van der Waals surface area (Å²) in [6.07, 6.45) is 0.0946. The zero-order chi connectivity index (χ0) is 23.5. The number of nitrogens with one attached hydrogen (secondary N) is 1. The van der Waals surface area contributed by atoms with Crippen molar-refractivity contribution in [2.45, 2.75) is 32.1 Å². The van der Waals surface area contributed by atoms with E-state index in [1.54, 1.807) is 44.1 Å². The molecule has 3 rings (SSSR count). The van der Waals surface area contributed by atoms with Crippen molar-refractivity contribution in [3.63, 3.8) is 0 Å². The Kier molecular flexibility index (Phi) is 7.20. The summed E-state index contributed by atoms with van der Waals surface area (Å²) in [7, 11) is -2.02. The SMILES string of the molecule is CCN(CC)S(=O)(=O)c1ccc(NC(=O)C2CC(=O)N(c3cc(C)ccc3OC)C2)cc1. The van der Waals surface area contributed by atoms with Crippen molar-refractivity contribution in [3.8, 4) is 5.75 Å². The van der Waals surface area contributed by atoms with Crippen LogP contribution in [0.5, 0.6) is 5.75 Å². The smallest absolute Gasteiger partial charge is 0.243 e. The number of amides is 2. The van der Waals surface area contributed by atoms with Crippen LogP contribution in [0.15, 0.2) is 47.4 Å². The minimum atomic E-state index is -3.56.